The van der Waals surface area contributed by atoms with Gasteiger partial charge in [-0.2, -0.15) is 0 Å². The molecule has 0 fully saturated rings. The van der Waals surface area contributed by atoms with E-state index >= 15 is 0 Å². The molecule has 2 rings (SSSR count). The number of fused-ring (bicyclic) bond motifs is 1. The molecule has 1 amide bonds. The molecule has 2 aromatic rings. The zero-order chi connectivity index (χ0) is 18.6. The molecule has 0 aliphatic heterocycles. The van der Waals surface area contributed by atoms with Gasteiger partial charge in [0.15, 0.2) is 0 Å². The van der Waals surface area contributed by atoms with Gasteiger partial charge in [-0.25, -0.2) is 9.36 Å². The van der Waals surface area contributed by atoms with Gasteiger partial charge in [-0.1, -0.05) is 26.0 Å². The fourth-order valence-corrected chi connectivity index (χ4v) is 2.70. The van der Waals surface area contributed by atoms with E-state index in [1.54, 1.807) is 38.1 Å². The molecule has 0 radical (unpaired) electrons. The first kappa shape index (κ1) is 18.4. The molecular weight excluding hydrogens is 326 g/mol. The van der Waals surface area contributed by atoms with Crippen LogP contribution in [-0.4, -0.2) is 28.0 Å². The number of para-hydroxylation sites is 1. The standard InChI is InChI=1S/C17H21N3O5/c1-10(2)14(15(23)18-9-5-8-13(21)22)20-16(24)11-6-3-4-7-12(11)19-17(20)25/h3-4,6-7,10,14H,5,8-9H2,1-2H3,(H,18,23)(H,19,25)(H,21,22)/p-1/t14-/m0/s1. The fraction of sp³-hybridized carbons (Fsp3) is 0.412. The van der Waals surface area contributed by atoms with Crippen LogP contribution in [0.4, 0.5) is 0 Å². The van der Waals surface area contributed by atoms with Crippen molar-refractivity contribution in [1.82, 2.24) is 14.9 Å². The number of nitrogens with one attached hydrogen (secondary N) is 2. The van der Waals surface area contributed by atoms with Crippen LogP contribution in [0.3, 0.4) is 0 Å². The Bertz CT molecular complexity index is 897. The smallest absolute Gasteiger partial charge is 0.329 e. The quantitative estimate of drug-likeness (QED) is 0.656. The monoisotopic (exact) mass is 346 g/mol. The first-order valence-electron chi connectivity index (χ1n) is 8.04. The largest absolute Gasteiger partial charge is 0.550 e. The van der Waals surface area contributed by atoms with Gasteiger partial charge in [0.05, 0.1) is 10.9 Å². The first-order chi connectivity index (χ1) is 11.8. The van der Waals surface area contributed by atoms with E-state index in [4.69, 9.17) is 0 Å². The third-order valence-electron chi connectivity index (χ3n) is 3.87. The number of rotatable bonds is 7. The number of aliphatic carboxylic acids is 1. The van der Waals surface area contributed by atoms with Crippen molar-refractivity contribution in [3.63, 3.8) is 0 Å². The van der Waals surface area contributed by atoms with Crippen molar-refractivity contribution < 1.29 is 14.7 Å². The van der Waals surface area contributed by atoms with E-state index in [9.17, 15) is 24.3 Å². The lowest BCUT2D eigenvalue weighted by molar-refractivity contribution is -0.305. The van der Waals surface area contributed by atoms with E-state index in [2.05, 4.69) is 10.3 Å². The Morgan fingerprint density at radius 1 is 1.24 bits per heavy atom. The Labute approximate surface area is 143 Å². The summed E-state index contributed by atoms with van der Waals surface area (Å²) < 4.78 is 0.918. The minimum Gasteiger partial charge on any atom is -0.550 e. The molecule has 0 aliphatic rings. The lowest BCUT2D eigenvalue weighted by Crippen LogP contribution is -2.46. The van der Waals surface area contributed by atoms with Crippen LogP contribution in [0.5, 0.6) is 0 Å². The number of carboxylic acids is 1. The van der Waals surface area contributed by atoms with Crippen LogP contribution < -0.4 is 21.7 Å². The lowest BCUT2D eigenvalue weighted by atomic mass is 10.0. The van der Waals surface area contributed by atoms with E-state index < -0.39 is 29.2 Å². The molecule has 0 saturated carbocycles. The van der Waals surface area contributed by atoms with Crippen LogP contribution in [0.15, 0.2) is 33.9 Å². The van der Waals surface area contributed by atoms with Crippen molar-refractivity contribution in [2.75, 3.05) is 6.54 Å². The Hall–Kier alpha value is -2.90. The zero-order valence-electron chi connectivity index (χ0n) is 14.1. The van der Waals surface area contributed by atoms with Crippen LogP contribution >= 0.6 is 0 Å². The minimum absolute atomic E-state index is 0.121. The molecule has 1 atom stereocenters. The van der Waals surface area contributed by atoms with Crippen molar-refractivity contribution >= 4 is 22.8 Å². The average Bonchev–Trinajstić information content (AvgIpc) is 2.54. The zero-order valence-corrected chi connectivity index (χ0v) is 14.1. The maximum Gasteiger partial charge on any atom is 0.329 e. The van der Waals surface area contributed by atoms with Gasteiger partial charge in [-0.15, -0.1) is 0 Å². The van der Waals surface area contributed by atoms with E-state index in [0.29, 0.717) is 10.9 Å². The van der Waals surface area contributed by atoms with Gasteiger partial charge in [0.1, 0.15) is 6.04 Å². The van der Waals surface area contributed by atoms with Crippen LogP contribution in [-0.2, 0) is 9.59 Å². The number of hydrogen-bond acceptors (Lipinski definition) is 5. The molecule has 0 aliphatic carbocycles. The van der Waals surface area contributed by atoms with Crippen molar-refractivity contribution in [1.29, 1.82) is 0 Å². The maximum atomic E-state index is 12.7. The number of hydrogen-bond donors (Lipinski definition) is 2. The Kier molecular flexibility index (Phi) is 5.74. The number of H-pyrrole nitrogens is 1. The summed E-state index contributed by atoms with van der Waals surface area (Å²) >= 11 is 0. The number of benzene rings is 1. The molecule has 1 aromatic heterocycles. The highest BCUT2D eigenvalue weighted by atomic mass is 16.4. The average molecular weight is 346 g/mol. The minimum atomic E-state index is -1.20. The third kappa shape index (κ3) is 4.14. The predicted molar refractivity (Wildman–Crippen MR) is 90.0 cm³/mol. The molecule has 25 heavy (non-hydrogen) atoms. The van der Waals surface area contributed by atoms with Gasteiger partial charge in [-0.05, 0) is 30.9 Å². The normalized spacial score (nSPS) is 12.3. The second-order valence-corrected chi connectivity index (χ2v) is 6.11. The van der Waals surface area contributed by atoms with Crippen molar-refractivity contribution in [3.05, 3.63) is 45.1 Å². The SMILES string of the molecule is CC(C)[C@@H](C(=O)NCCCC(=O)[O-])n1c(=O)[nH]c2ccccc2c1=O. The van der Waals surface area contributed by atoms with Crippen LogP contribution in [0.2, 0.25) is 0 Å². The highest BCUT2D eigenvalue weighted by molar-refractivity contribution is 5.82. The summed E-state index contributed by atoms with van der Waals surface area (Å²) in [4.78, 5) is 50.6. The molecular formula is C17H20N3O5-. The highest BCUT2D eigenvalue weighted by Gasteiger charge is 2.27. The summed E-state index contributed by atoms with van der Waals surface area (Å²) in [6.45, 7) is 3.58. The van der Waals surface area contributed by atoms with Crippen LogP contribution in [0.25, 0.3) is 10.9 Å². The topological polar surface area (TPSA) is 124 Å². The Morgan fingerprint density at radius 2 is 1.92 bits per heavy atom. The summed E-state index contributed by atoms with van der Waals surface area (Å²) in [5, 5.41) is 13.3. The number of carbonyl (C=O) groups is 2. The molecule has 0 unspecified atom stereocenters. The summed E-state index contributed by atoms with van der Waals surface area (Å²) in [5.41, 5.74) is -0.791. The Balaban J connectivity index is 2.36. The molecule has 1 aromatic carbocycles. The first-order valence-corrected chi connectivity index (χ1v) is 8.04. The number of aromatic nitrogens is 2. The summed E-state index contributed by atoms with van der Waals surface area (Å²) in [6, 6.07) is 5.58. The molecule has 0 saturated heterocycles. The van der Waals surface area contributed by atoms with E-state index in [0.717, 1.165) is 4.57 Å². The number of carboxylic acid groups (broad SMARTS) is 1. The number of aromatic amines is 1. The molecule has 1 heterocycles. The van der Waals surface area contributed by atoms with Crippen molar-refractivity contribution in [3.8, 4) is 0 Å². The van der Waals surface area contributed by atoms with E-state index in [1.807, 2.05) is 0 Å². The summed E-state index contributed by atoms with van der Waals surface area (Å²) in [7, 11) is 0. The van der Waals surface area contributed by atoms with Gasteiger partial charge in [0, 0.05) is 12.5 Å². The molecule has 0 bridgehead atoms. The maximum absolute atomic E-state index is 12.7. The molecule has 8 nitrogen and oxygen atoms in total. The van der Waals surface area contributed by atoms with Crippen LogP contribution in [0, 0.1) is 5.92 Å². The van der Waals surface area contributed by atoms with Gasteiger partial charge < -0.3 is 20.2 Å². The second-order valence-electron chi connectivity index (χ2n) is 6.11. The molecule has 0 spiro atoms. The van der Waals surface area contributed by atoms with Crippen molar-refractivity contribution in [2.45, 2.75) is 32.7 Å². The van der Waals surface area contributed by atoms with Crippen LogP contribution in [0.1, 0.15) is 32.7 Å². The second kappa shape index (κ2) is 7.78. The lowest BCUT2D eigenvalue weighted by Gasteiger charge is -2.22. The number of carbonyl (C=O) groups excluding carboxylic acids is 2. The Morgan fingerprint density at radius 3 is 2.56 bits per heavy atom. The van der Waals surface area contributed by atoms with E-state index in [1.165, 1.54) is 0 Å². The van der Waals surface area contributed by atoms with Gasteiger partial charge in [0.2, 0.25) is 5.91 Å². The van der Waals surface area contributed by atoms with Gasteiger partial charge in [0.25, 0.3) is 5.56 Å². The van der Waals surface area contributed by atoms with Crippen molar-refractivity contribution in [2.24, 2.45) is 5.92 Å². The molecule has 134 valence electrons. The van der Waals surface area contributed by atoms with E-state index in [-0.39, 0.29) is 25.3 Å². The molecule has 8 heteroatoms. The highest BCUT2D eigenvalue weighted by Crippen LogP contribution is 2.15. The summed E-state index contributed by atoms with van der Waals surface area (Å²) in [5.74, 6) is -2.02. The predicted octanol–water partition coefficient (Wildman–Crippen LogP) is -0.467. The summed E-state index contributed by atoms with van der Waals surface area (Å²) in [6.07, 6.45) is 0.0327. The molecule has 2 N–H and O–H groups in total. The fourth-order valence-electron chi connectivity index (χ4n) is 2.70. The number of nitrogens with zero attached hydrogens (tertiary/aromatic N) is 1. The third-order valence-corrected chi connectivity index (χ3v) is 3.87. The van der Waals surface area contributed by atoms with Gasteiger partial charge in [-0.3, -0.25) is 9.59 Å². The van der Waals surface area contributed by atoms with Gasteiger partial charge >= 0.3 is 5.69 Å². The number of amides is 1.